The third-order valence-electron chi connectivity index (χ3n) is 4.95. The summed E-state index contributed by atoms with van der Waals surface area (Å²) in [5.74, 6) is -0.0600. The summed E-state index contributed by atoms with van der Waals surface area (Å²) in [5, 5.41) is 2.68. The standard InChI is InChI=1S/C17H24N4O2/c1-13-4-3-5-15(14(13)2)20-10-8-19(9-11-20)12-16(22)21-7-6-18-17(21)23/h3-5H,6-12H2,1-2H3,(H,18,23)/p+1. The summed E-state index contributed by atoms with van der Waals surface area (Å²) in [7, 11) is 0. The van der Waals surface area contributed by atoms with Gasteiger partial charge in [-0.1, -0.05) is 12.1 Å². The van der Waals surface area contributed by atoms with E-state index in [9.17, 15) is 9.59 Å². The van der Waals surface area contributed by atoms with Crippen LogP contribution in [0.5, 0.6) is 0 Å². The summed E-state index contributed by atoms with van der Waals surface area (Å²) in [6, 6.07) is 6.17. The van der Waals surface area contributed by atoms with Crippen molar-refractivity contribution in [3.05, 3.63) is 29.3 Å². The monoisotopic (exact) mass is 317 g/mol. The molecule has 2 heterocycles. The van der Waals surface area contributed by atoms with Crippen LogP contribution in [-0.4, -0.2) is 62.7 Å². The molecule has 2 aliphatic heterocycles. The highest BCUT2D eigenvalue weighted by atomic mass is 16.2. The average Bonchev–Trinajstić information content (AvgIpc) is 2.97. The molecule has 0 unspecified atom stereocenters. The molecule has 2 aliphatic rings. The van der Waals surface area contributed by atoms with Crippen LogP contribution in [0, 0.1) is 13.8 Å². The maximum atomic E-state index is 12.2. The third kappa shape index (κ3) is 3.32. The molecule has 1 aromatic carbocycles. The van der Waals surface area contributed by atoms with Gasteiger partial charge in [-0.2, -0.15) is 0 Å². The number of imide groups is 1. The predicted molar refractivity (Wildman–Crippen MR) is 88.8 cm³/mol. The van der Waals surface area contributed by atoms with Gasteiger partial charge in [0.1, 0.15) is 0 Å². The highest BCUT2D eigenvalue weighted by Gasteiger charge is 2.30. The topological polar surface area (TPSA) is 57.1 Å². The van der Waals surface area contributed by atoms with Crippen LogP contribution in [0.15, 0.2) is 18.2 Å². The van der Waals surface area contributed by atoms with E-state index in [4.69, 9.17) is 0 Å². The molecule has 124 valence electrons. The van der Waals surface area contributed by atoms with Gasteiger partial charge in [-0.05, 0) is 31.0 Å². The number of piperazine rings is 1. The number of quaternary nitrogens is 1. The Kier molecular flexibility index (Phi) is 4.52. The predicted octanol–water partition coefficient (Wildman–Crippen LogP) is -0.440. The van der Waals surface area contributed by atoms with E-state index in [1.165, 1.54) is 26.6 Å². The number of benzene rings is 1. The Balaban J connectivity index is 1.55. The molecule has 3 amide bonds. The number of carbonyl (C=O) groups excluding carboxylic acids is 2. The molecule has 2 fully saturated rings. The number of urea groups is 1. The summed E-state index contributed by atoms with van der Waals surface area (Å²) < 4.78 is 0. The van der Waals surface area contributed by atoms with Gasteiger partial charge in [-0.15, -0.1) is 0 Å². The first-order valence-corrected chi connectivity index (χ1v) is 8.29. The van der Waals surface area contributed by atoms with Crippen molar-refractivity contribution in [2.45, 2.75) is 13.8 Å². The fourth-order valence-corrected chi connectivity index (χ4v) is 3.34. The van der Waals surface area contributed by atoms with Gasteiger partial charge in [0.25, 0.3) is 5.91 Å². The lowest BCUT2D eigenvalue weighted by Crippen LogP contribution is -3.16. The van der Waals surface area contributed by atoms with Crippen LogP contribution < -0.4 is 15.1 Å². The van der Waals surface area contributed by atoms with Gasteiger partial charge in [-0.25, -0.2) is 4.79 Å². The van der Waals surface area contributed by atoms with Gasteiger partial charge >= 0.3 is 6.03 Å². The van der Waals surface area contributed by atoms with Crippen LogP contribution in [0.2, 0.25) is 0 Å². The lowest BCUT2D eigenvalue weighted by atomic mass is 10.1. The molecule has 23 heavy (non-hydrogen) atoms. The summed E-state index contributed by atoms with van der Waals surface area (Å²) in [6.07, 6.45) is 0. The molecule has 6 nitrogen and oxygen atoms in total. The van der Waals surface area contributed by atoms with Crippen LogP contribution >= 0.6 is 0 Å². The average molecular weight is 317 g/mol. The Bertz CT molecular complexity index is 609. The van der Waals surface area contributed by atoms with Gasteiger partial charge in [-0.3, -0.25) is 9.69 Å². The van der Waals surface area contributed by atoms with Crippen LogP contribution in [0.1, 0.15) is 11.1 Å². The first-order valence-electron chi connectivity index (χ1n) is 8.29. The summed E-state index contributed by atoms with van der Waals surface area (Å²) in [5.41, 5.74) is 3.95. The maximum Gasteiger partial charge on any atom is 0.324 e. The van der Waals surface area contributed by atoms with Gasteiger partial charge in [0.15, 0.2) is 6.54 Å². The minimum atomic E-state index is -0.247. The van der Waals surface area contributed by atoms with E-state index >= 15 is 0 Å². The largest absolute Gasteiger partial charge is 0.360 e. The zero-order chi connectivity index (χ0) is 16.4. The minimum absolute atomic E-state index is 0.0600. The fraction of sp³-hybridized carbons (Fsp3) is 0.529. The number of carbonyl (C=O) groups is 2. The Morgan fingerprint density at radius 2 is 1.96 bits per heavy atom. The number of nitrogens with zero attached hydrogens (tertiary/aromatic N) is 2. The van der Waals surface area contributed by atoms with Crippen molar-refractivity contribution >= 4 is 17.6 Å². The van der Waals surface area contributed by atoms with Gasteiger partial charge < -0.3 is 15.1 Å². The molecule has 3 rings (SSSR count). The second-order valence-electron chi connectivity index (χ2n) is 6.41. The van der Waals surface area contributed by atoms with Gasteiger partial charge in [0.05, 0.1) is 26.2 Å². The van der Waals surface area contributed by atoms with E-state index in [1.807, 2.05) is 0 Å². The lowest BCUT2D eigenvalue weighted by Gasteiger charge is -2.34. The Morgan fingerprint density at radius 3 is 2.61 bits per heavy atom. The number of aryl methyl sites for hydroxylation is 1. The van der Waals surface area contributed by atoms with E-state index in [1.54, 1.807) is 0 Å². The summed E-state index contributed by atoms with van der Waals surface area (Å²) in [4.78, 5) is 28.7. The smallest absolute Gasteiger partial charge is 0.324 e. The van der Waals surface area contributed by atoms with Crippen molar-refractivity contribution in [2.75, 3.05) is 50.7 Å². The van der Waals surface area contributed by atoms with Crippen molar-refractivity contribution in [2.24, 2.45) is 0 Å². The van der Waals surface area contributed by atoms with Crippen molar-refractivity contribution in [1.82, 2.24) is 10.2 Å². The van der Waals surface area contributed by atoms with E-state index in [0.717, 1.165) is 26.2 Å². The maximum absolute atomic E-state index is 12.2. The number of rotatable bonds is 3. The lowest BCUT2D eigenvalue weighted by molar-refractivity contribution is -0.892. The number of amides is 3. The van der Waals surface area contributed by atoms with Gasteiger partial charge in [0.2, 0.25) is 0 Å². The molecule has 0 bridgehead atoms. The van der Waals surface area contributed by atoms with E-state index in [0.29, 0.717) is 19.6 Å². The molecule has 2 saturated heterocycles. The van der Waals surface area contributed by atoms with E-state index < -0.39 is 0 Å². The van der Waals surface area contributed by atoms with Crippen molar-refractivity contribution in [3.8, 4) is 0 Å². The second kappa shape index (κ2) is 6.58. The van der Waals surface area contributed by atoms with Crippen LogP contribution in [0.4, 0.5) is 10.5 Å². The highest BCUT2D eigenvalue weighted by Crippen LogP contribution is 2.22. The number of hydrogen-bond donors (Lipinski definition) is 2. The van der Waals surface area contributed by atoms with Crippen LogP contribution in [0.3, 0.4) is 0 Å². The number of nitrogens with one attached hydrogen (secondary N) is 2. The first kappa shape index (κ1) is 15.8. The molecule has 0 radical (unpaired) electrons. The third-order valence-corrected chi connectivity index (χ3v) is 4.95. The molecule has 2 N–H and O–H groups in total. The fourth-order valence-electron chi connectivity index (χ4n) is 3.34. The molecule has 0 aliphatic carbocycles. The molecule has 0 spiro atoms. The number of anilines is 1. The van der Waals surface area contributed by atoms with Gasteiger partial charge in [0, 0.05) is 18.8 Å². The minimum Gasteiger partial charge on any atom is -0.360 e. The Morgan fingerprint density at radius 1 is 1.22 bits per heavy atom. The molecule has 0 atom stereocenters. The number of hydrogen-bond acceptors (Lipinski definition) is 3. The zero-order valence-corrected chi connectivity index (χ0v) is 13.9. The molecular weight excluding hydrogens is 292 g/mol. The van der Waals surface area contributed by atoms with E-state index in [-0.39, 0.29) is 11.9 Å². The van der Waals surface area contributed by atoms with E-state index in [2.05, 4.69) is 42.3 Å². The van der Waals surface area contributed by atoms with Crippen LogP contribution in [0.25, 0.3) is 0 Å². The molecular formula is C17H25N4O2+. The quantitative estimate of drug-likeness (QED) is 0.795. The Hall–Kier alpha value is -2.08. The summed E-state index contributed by atoms with van der Waals surface area (Å²) in [6.45, 7) is 9.52. The zero-order valence-electron chi connectivity index (χ0n) is 13.9. The molecule has 1 aromatic rings. The molecule has 0 saturated carbocycles. The van der Waals surface area contributed by atoms with Crippen molar-refractivity contribution in [1.29, 1.82) is 0 Å². The van der Waals surface area contributed by atoms with Crippen LogP contribution in [-0.2, 0) is 4.79 Å². The SMILES string of the molecule is Cc1cccc(N2CC[NH+](CC(=O)N3CCNC3=O)CC2)c1C. The molecule has 0 aromatic heterocycles. The second-order valence-corrected chi connectivity index (χ2v) is 6.41. The normalized spacial score (nSPS) is 19.1. The Labute approximate surface area is 137 Å². The van der Waals surface area contributed by atoms with Crippen molar-refractivity contribution < 1.29 is 14.5 Å². The highest BCUT2D eigenvalue weighted by molar-refractivity contribution is 5.96. The van der Waals surface area contributed by atoms with Crippen molar-refractivity contribution in [3.63, 3.8) is 0 Å². The molecule has 6 heteroatoms. The first-order chi connectivity index (χ1) is 11.1. The summed E-state index contributed by atoms with van der Waals surface area (Å²) >= 11 is 0.